The Morgan fingerprint density at radius 2 is 1.48 bits per heavy atom. The molecule has 0 amide bonds. The first-order valence-electron chi connectivity index (χ1n) is 12.5. The zero-order valence-electron chi connectivity index (χ0n) is 18.9. The van der Waals surface area contributed by atoms with Gasteiger partial charge in [-0.1, -0.05) is 12.1 Å². The lowest BCUT2D eigenvalue weighted by Crippen LogP contribution is -2.64. The molecule has 0 spiro atoms. The Morgan fingerprint density at radius 1 is 0.909 bits per heavy atom. The summed E-state index contributed by atoms with van der Waals surface area (Å²) in [6.07, 6.45) is 12.9. The normalized spacial score (nSPS) is 39.0. The van der Waals surface area contributed by atoms with Gasteiger partial charge in [-0.05, 0) is 94.1 Å². The maximum atomic E-state index is 13.3. The molecule has 3 heterocycles. The average molecular weight is 470 g/mol. The number of carboxylic acid groups (broad SMARTS) is 1. The molecule has 2 aliphatic heterocycles. The first-order chi connectivity index (χ1) is 15.5. The Labute approximate surface area is 199 Å². The lowest BCUT2D eigenvalue weighted by molar-refractivity contribution is -0.121. The highest BCUT2D eigenvalue weighted by molar-refractivity contribution is 5.88. The minimum Gasteiger partial charge on any atom is -0.476 e. The van der Waals surface area contributed by atoms with Crippen LogP contribution in [0.1, 0.15) is 80.7 Å². The van der Waals surface area contributed by atoms with Crippen molar-refractivity contribution in [2.45, 2.75) is 87.9 Å². The number of para-hydroxylation sites is 2. The van der Waals surface area contributed by atoms with Crippen molar-refractivity contribution in [3.8, 4) is 0 Å². The van der Waals surface area contributed by atoms with Gasteiger partial charge in [0.05, 0.1) is 11.0 Å². The van der Waals surface area contributed by atoms with Gasteiger partial charge in [0.15, 0.2) is 0 Å². The Morgan fingerprint density at radius 3 is 2.06 bits per heavy atom. The number of benzene rings is 1. The van der Waals surface area contributed by atoms with Crippen LogP contribution in [-0.4, -0.2) is 43.1 Å². The molecule has 8 rings (SSSR count). The van der Waals surface area contributed by atoms with Crippen molar-refractivity contribution in [3.63, 3.8) is 0 Å². The Balaban J connectivity index is 0.00000206. The molecule has 1 N–H and O–H groups in total. The van der Waals surface area contributed by atoms with Gasteiger partial charge in [-0.25, -0.2) is 9.78 Å². The van der Waals surface area contributed by atoms with E-state index in [1.54, 1.807) is 4.57 Å². The van der Waals surface area contributed by atoms with Gasteiger partial charge in [-0.15, -0.1) is 12.4 Å². The van der Waals surface area contributed by atoms with Crippen LogP contribution in [-0.2, 0) is 0 Å². The molecule has 6 fully saturated rings. The maximum absolute atomic E-state index is 13.3. The highest BCUT2D eigenvalue weighted by Crippen LogP contribution is 2.61. The fourth-order valence-corrected chi connectivity index (χ4v) is 9.17. The summed E-state index contributed by atoms with van der Waals surface area (Å²) in [6.45, 7) is 0. The van der Waals surface area contributed by atoms with Gasteiger partial charge in [0.2, 0.25) is 5.69 Å². The summed E-state index contributed by atoms with van der Waals surface area (Å²) >= 11 is 0. The molecule has 0 radical (unpaired) electrons. The number of aromatic carboxylic acids is 1. The summed E-state index contributed by atoms with van der Waals surface area (Å²) in [4.78, 5) is 32.2. The van der Waals surface area contributed by atoms with Gasteiger partial charge < -0.3 is 9.67 Å². The van der Waals surface area contributed by atoms with Gasteiger partial charge >= 0.3 is 5.97 Å². The van der Waals surface area contributed by atoms with Crippen LogP contribution in [0.15, 0.2) is 29.1 Å². The molecule has 6 aliphatic rings. The van der Waals surface area contributed by atoms with E-state index in [0.717, 1.165) is 36.1 Å². The number of halogens is 1. The third kappa shape index (κ3) is 3.13. The van der Waals surface area contributed by atoms with E-state index in [1.807, 2.05) is 24.3 Å². The van der Waals surface area contributed by atoms with Crippen molar-refractivity contribution in [3.05, 3.63) is 40.3 Å². The molecule has 7 heteroatoms. The Bertz CT molecular complexity index is 1130. The van der Waals surface area contributed by atoms with Gasteiger partial charge in [-0.3, -0.25) is 9.69 Å². The fourth-order valence-electron chi connectivity index (χ4n) is 9.17. The van der Waals surface area contributed by atoms with Crippen LogP contribution in [0, 0.1) is 17.8 Å². The van der Waals surface area contributed by atoms with Crippen LogP contribution in [0.5, 0.6) is 0 Å². The number of hydrogen-bond acceptors (Lipinski definition) is 4. The summed E-state index contributed by atoms with van der Waals surface area (Å²) in [5.74, 6) is 1.57. The van der Waals surface area contributed by atoms with Crippen LogP contribution in [0.3, 0.4) is 0 Å². The van der Waals surface area contributed by atoms with E-state index in [0.29, 0.717) is 23.1 Å². The highest BCUT2D eigenvalue weighted by Gasteiger charge is 2.58. The molecule has 2 unspecified atom stereocenters. The van der Waals surface area contributed by atoms with Crippen LogP contribution in [0.2, 0.25) is 0 Å². The lowest BCUT2D eigenvalue weighted by atomic mass is 9.52. The third-order valence-corrected chi connectivity index (χ3v) is 9.62. The van der Waals surface area contributed by atoms with Crippen molar-refractivity contribution in [1.29, 1.82) is 0 Å². The second-order valence-electron chi connectivity index (χ2n) is 11.5. The molecular weight excluding hydrogens is 438 g/mol. The molecule has 4 saturated carbocycles. The highest BCUT2D eigenvalue weighted by atomic mass is 35.5. The van der Waals surface area contributed by atoms with E-state index >= 15 is 0 Å². The SMILES string of the molecule is Cl.O=C(O)c1nc2ccccc2n(C2CC3CCC(C2)N3C23CC4CC(CC(C4)C2)C3)c1=O. The van der Waals surface area contributed by atoms with Gasteiger partial charge in [-0.2, -0.15) is 0 Å². The van der Waals surface area contributed by atoms with Gasteiger partial charge in [0.25, 0.3) is 5.56 Å². The number of hydrogen-bond donors (Lipinski definition) is 1. The van der Waals surface area contributed by atoms with E-state index in [4.69, 9.17) is 0 Å². The monoisotopic (exact) mass is 469 g/mol. The first-order valence-corrected chi connectivity index (χ1v) is 12.5. The summed E-state index contributed by atoms with van der Waals surface area (Å²) in [5, 5.41) is 9.62. The summed E-state index contributed by atoms with van der Waals surface area (Å²) in [6, 6.07) is 8.59. The second-order valence-corrected chi connectivity index (χ2v) is 11.5. The van der Waals surface area contributed by atoms with Gasteiger partial charge in [0.1, 0.15) is 0 Å². The number of aromatic nitrogens is 2. The van der Waals surface area contributed by atoms with E-state index in [2.05, 4.69) is 9.88 Å². The van der Waals surface area contributed by atoms with Crippen molar-refractivity contribution >= 4 is 29.4 Å². The van der Waals surface area contributed by atoms with Crippen LogP contribution in [0.4, 0.5) is 0 Å². The number of nitrogens with zero attached hydrogens (tertiary/aromatic N) is 3. The van der Waals surface area contributed by atoms with Crippen LogP contribution in [0.25, 0.3) is 11.0 Å². The van der Waals surface area contributed by atoms with E-state index in [1.165, 1.54) is 51.4 Å². The molecule has 2 atom stereocenters. The Hall–Kier alpha value is -1.92. The number of piperidine rings is 1. The van der Waals surface area contributed by atoms with Crippen molar-refractivity contribution in [2.24, 2.45) is 17.8 Å². The smallest absolute Gasteiger partial charge is 0.360 e. The lowest BCUT2D eigenvalue weighted by Gasteiger charge is -2.63. The standard InChI is InChI=1S/C26H31N3O3.ClH/c30-24-23(25(31)32)27-21-3-1-2-4-22(21)28(24)20-10-18-5-6-19(11-20)29(18)26-12-15-7-16(13-26)9-17(8-15)14-26;/h1-4,15-20H,5-14H2,(H,31,32);1H. The predicted molar refractivity (Wildman–Crippen MR) is 128 cm³/mol. The summed E-state index contributed by atoms with van der Waals surface area (Å²) in [5.41, 5.74) is 0.988. The van der Waals surface area contributed by atoms with E-state index in [-0.39, 0.29) is 24.1 Å². The van der Waals surface area contributed by atoms with E-state index < -0.39 is 11.5 Å². The topological polar surface area (TPSA) is 75.4 Å². The molecule has 2 saturated heterocycles. The molecule has 4 aliphatic carbocycles. The number of carboxylic acids is 1. The van der Waals surface area contributed by atoms with Gasteiger partial charge in [0, 0.05) is 23.7 Å². The zero-order valence-corrected chi connectivity index (χ0v) is 19.7. The van der Waals surface area contributed by atoms with Crippen molar-refractivity contribution in [2.75, 3.05) is 0 Å². The minimum absolute atomic E-state index is 0. The third-order valence-electron chi connectivity index (χ3n) is 9.62. The van der Waals surface area contributed by atoms with Crippen LogP contribution >= 0.6 is 12.4 Å². The largest absolute Gasteiger partial charge is 0.476 e. The molecule has 2 aromatic rings. The minimum atomic E-state index is -1.23. The van der Waals surface area contributed by atoms with Crippen molar-refractivity contribution < 1.29 is 9.90 Å². The first kappa shape index (κ1) is 21.6. The predicted octanol–water partition coefficient (Wildman–Crippen LogP) is 4.65. The molecule has 33 heavy (non-hydrogen) atoms. The molecule has 1 aromatic heterocycles. The Kier molecular flexibility index (Phi) is 4.94. The average Bonchev–Trinajstić information content (AvgIpc) is 3.04. The molecule has 176 valence electrons. The number of rotatable bonds is 3. The molecular formula is C26H32ClN3O3. The quantitative estimate of drug-likeness (QED) is 0.707. The van der Waals surface area contributed by atoms with Crippen LogP contribution < -0.4 is 5.56 Å². The maximum Gasteiger partial charge on any atom is 0.360 e. The van der Waals surface area contributed by atoms with E-state index in [9.17, 15) is 14.7 Å². The second kappa shape index (κ2) is 7.54. The number of fused-ring (bicyclic) bond motifs is 3. The number of carbonyl (C=O) groups is 1. The molecule has 1 aromatic carbocycles. The summed E-state index contributed by atoms with van der Waals surface area (Å²) in [7, 11) is 0. The molecule has 6 nitrogen and oxygen atoms in total. The summed E-state index contributed by atoms with van der Waals surface area (Å²) < 4.78 is 1.79. The molecule has 6 bridgehead atoms. The fraction of sp³-hybridized carbons (Fsp3) is 0.654. The zero-order chi connectivity index (χ0) is 21.6. The van der Waals surface area contributed by atoms with Crippen molar-refractivity contribution in [1.82, 2.24) is 14.5 Å².